The van der Waals surface area contributed by atoms with Crippen molar-refractivity contribution in [3.05, 3.63) is 65.2 Å². The van der Waals surface area contributed by atoms with E-state index >= 15 is 0 Å². The molecule has 3 rings (SSSR count). The number of rotatable bonds is 3. The Labute approximate surface area is 127 Å². The van der Waals surface area contributed by atoms with Crippen LogP contribution in [0.4, 0.5) is 5.69 Å². The van der Waals surface area contributed by atoms with Gasteiger partial charge in [-0.1, -0.05) is 41.9 Å². The minimum Gasteiger partial charge on any atom is -0.364 e. The standard InChI is InChI=1S/C16H14ClN3O/c17-12-8-6-11(7-9-12)15-10-14(16(18)21)19-20(15)13-4-2-1-3-5-13/h1-9,15H,10H2,(H2,18,21). The van der Waals surface area contributed by atoms with Gasteiger partial charge in [-0.15, -0.1) is 0 Å². The molecule has 2 N–H and O–H groups in total. The minimum absolute atomic E-state index is 0.0489. The Kier molecular flexibility index (Phi) is 3.62. The number of primary amides is 1. The van der Waals surface area contributed by atoms with E-state index in [2.05, 4.69) is 5.10 Å². The predicted molar refractivity (Wildman–Crippen MR) is 84.4 cm³/mol. The van der Waals surface area contributed by atoms with Crippen LogP contribution in [-0.2, 0) is 4.79 Å². The molecule has 21 heavy (non-hydrogen) atoms. The van der Waals surface area contributed by atoms with Crippen LogP contribution in [0.1, 0.15) is 18.0 Å². The third-order valence-corrected chi connectivity index (χ3v) is 3.72. The van der Waals surface area contributed by atoms with Crippen LogP contribution < -0.4 is 10.7 Å². The maximum absolute atomic E-state index is 11.5. The summed E-state index contributed by atoms with van der Waals surface area (Å²) < 4.78 is 0. The van der Waals surface area contributed by atoms with Gasteiger partial charge >= 0.3 is 0 Å². The first kappa shape index (κ1) is 13.6. The van der Waals surface area contributed by atoms with Crippen LogP contribution in [0.25, 0.3) is 0 Å². The number of benzene rings is 2. The number of anilines is 1. The first-order valence-electron chi connectivity index (χ1n) is 6.62. The highest BCUT2D eigenvalue weighted by molar-refractivity contribution is 6.39. The molecule has 1 atom stereocenters. The summed E-state index contributed by atoms with van der Waals surface area (Å²) in [6, 6.07) is 17.2. The Hall–Kier alpha value is -2.33. The molecule has 1 aliphatic rings. The molecule has 0 bridgehead atoms. The lowest BCUT2D eigenvalue weighted by Gasteiger charge is -2.23. The summed E-state index contributed by atoms with van der Waals surface area (Å²) in [4.78, 5) is 11.5. The molecule has 1 heterocycles. The number of hydrogen-bond acceptors (Lipinski definition) is 3. The number of nitrogens with zero attached hydrogens (tertiary/aromatic N) is 2. The number of nitrogens with two attached hydrogens (primary N) is 1. The van der Waals surface area contributed by atoms with E-state index < -0.39 is 5.91 Å². The van der Waals surface area contributed by atoms with Crippen LogP contribution in [0, 0.1) is 0 Å². The van der Waals surface area contributed by atoms with Crippen molar-refractivity contribution < 1.29 is 4.79 Å². The van der Waals surface area contributed by atoms with E-state index in [1.807, 2.05) is 59.6 Å². The van der Waals surface area contributed by atoms with Gasteiger partial charge in [0.1, 0.15) is 5.71 Å². The maximum Gasteiger partial charge on any atom is 0.265 e. The van der Waals surface area contributed by atoms with Gasteiger partial charge in [0, 0.05) is 11.4 Å². The monoisotopic (exact) mass is 299 g/mol. The van der Waals surface area contributed by atoms with Crippen molar-refractivity contribution in [2.45, 2.75) is 12.5 Å². The lowest BCUT2D eigenvalue weighted by atomic mass is 10.0. The van der Waals surface area contributed by atoms with E-state index in [1.54, 1.807) is 0 Å². The number of para-hydroxylation sites is 1. The molecule has 0 aliphatic carbocycles. The number of carbonyl (C=O) groups excluding carboxylic acids is 1. The molecule has 0 aromatic heterocycles. The quantitative estimate of drug-likeness (QED) is 0.946. The molecular weight excluding hydrogens is 286 g/mol. The topological polar surface area (TPSA) is 58.7 Å². The molecule has 4 nitrogen and oxygen atoms in total. The summed E-state index contributed by atoms with van der Waals surface area (Å²) in [7, 11) is 0. The number of halogens is 1. The van der Waals surface area contributed by atoms with Gasteiger partial charge in [-0.05, 0) is 29.8 Å². The van der Waals surface area contributed by atoms with Gasteiger partial charge in [0.05, 0.1) is 11.7 Å². The van der Waals surface area contributed by atoms with Crippen molar-refractivity contribution in [1.29, 1.82) is 0 Å². The Balaban J connectivity index is 1.99. The molecule has 1 unspecified atom stereocenters. The molecule has 106 valence electrons. The van der Waals surface area contributed by atoms with Crippen molar-refractivity contribution in [1.82, 2.24) is 0 Å². The fourth-order valence-corrected chi connectivity index (χ4v) is 2.55. The Morgan fingerprint density at radius 3 is 2.43 bits per heavy atom. The summed E-state index contributed by atoms with van der Waals surface area (Å²) in [6.45, 7) is 0. The van der Waals surface area contributed by atoms with Gasteiger partial charge in [0.25, 0.3) is 5.91 Å². The number of hydrazone groups is 1. The second-order valence-corrected chi connectivity index (χ2v) is 5.30. The smallest absolute Gasteiger partial charge is 0.265 e. The molecular formula is C16H14ClN3O. The Morgan fingerprint density at radius 2 is 1.81 bits per heavy atom. The highest BCUT2D eigenvalue weighted by Gasteiger charge is 2.31. The maximum atomic E-state index is 11.5. The van der Waals surface area contributed by atoms with Crippen LogP contribution in [0.15, 0.2) is 59.7 Å². The average molecular weight is 300 g/mol. The van der Waals surface area contributed by atoms with E-state index in [-0.39, 0.29) is 6.04 Å². The van der Waals surface area contributed by atoms with Crippen molar-refractivity contribution in [2.24, 2.45) is 10.8 Å². The largest absolute Gasteiger partial charge is 0.364 e. The summed E-state index contributed by atoms with van der Waals surface area (Å²) >= 11 is 5.93. The highest BCUT2D eigenvalue weighted by atomic mass is 35.5. The summed E-state index contributed by atoms with van der Waals surface area (Å²) in [5.41, 5.74) is 7.74. The molecule has 0 saturated heterocycles. The fraction of sp³-hybridized carbons (Fsp3) is 0.125. The SMILES string of the molecule is NC(=O)C1=NN(c2ccccc2)C(c2ccc(Cl)cc2)C1. The van der Waals surface area contributed by atoms with E-state index in [0.717, 1.165) is 11.3 Å². The van der Waals surface area contributed by atoms with E-state index in [1.165, 1.54) is 0 Å². The van der Waals surface area contributed by atoms with E-state index in [9.17, 15) is 4.79 Å². The van der Waals surface area contributed by atoms with Gasteiger partial charge in [-0.2, -0.15) is 5.10 Å². The summed E-state index contributed by atoms with van der Waals surface area (Å²) in [5, 5.41) is 6.90. The van der Waals surface area contributed by atoms with Gasteiger partial charge in [0.15, 0.2) is 0 Å². The first-order chi connectivity index (χ1) is 10.1. The average Bonchev–Trinajstić information content (AvgIpc) is 2.94. The van der Waals surface area contributed by atoms with Gasteiger partial charge in [-0.3, -0.25) is 9.80 Å². The number of carbonyl (C=O) groups is 1. The molecule has 2 aromatic rings. The molecule has 1 amide bonds. The lowest BCUT2D eigenvalue weighted by Crippen LogP contribution is -2.22. The van der Waals surface area contributed by atoms with Crippen molar-refractivity contribution in [3.63, 3.8) is 0 Å². The van der Waals surface area contributed by atoms with Crippen molar-refractivity contribution in [2.75, 3.05) is 5.01 Å². The van der Waals surface area contributed by atoms with Gasteiger partial charge < -0.3 is 5.73 Å². The zero-order chi connectivity index (χ0) is 14.8. The Bertz CT molecular complexity index is 682. The third-order valence-electron chi connectivity index (χ3n) is 3.47. The van der Waals surface area contributed by atoms with Crippen molar-refractivity contribution >= 4 is 28.9 Å². The van der Waals surface area contributed by atoms with Gasteiger partial charge in [0.2, 0.25) is 0 Å². The second-order valence-electron chi connectivity index (χ2n) is 4.86. The Morgan fingerprint density at radius 1 is 1.14 bits per heavy atom. The molecule has 0 radical (unpaired) electrons. The number of hydrogen-bond donors (Lipinski definition) is 1. The zero-order valence-corrected chi connectivity index (χ0v) is 12.0. The van der Waals surface area contributed by atoms with Crippen molar-refractivity contribution in [3.8, 4) is 0 Å². The molecule has 2 aromatic carbocycles. The first-order valence-corrected chi connectivity index (χ1v) is 7.00. The fourth-order valence-electron chi connectivity index (χ4n) is 2.42. The normalized spacial score (nSPS) is 17.7. The highest BCUT2D eigenvalue weighted by Crippen LogP contribution is 2.35. The number of amides is 1. The van der Waals surface area contributed by atoms with Crippen LogP contribution in [0.3, 0.4) is 0 Å². The van der Waals surface area contributed by atoms with E-state index in [0.29, 0.717) is 17.2 Å². The summed E-state index contributed by atoms with van der Waals surface area (Å²) in [6.07, 6.45) is 0.492. The van der Waals surface area contributed by atoms with Crippen LogP contribution in [0.5, 0.6) is 0 Å². The van der Waals surface area contributed by atoms with Gasteiger partial charge in [-0.25, -0.2) is 0 Å². The molecule has 1 aliphatic heterocycles. The zero-order valence-electron chi connectivity index (χ0n) is 11.2. The minimum atomic E-state index is -0.479. The predicted octanol–water partition coefficient (Wildman–Crippen LogP) is 3.13. The van der Waals surface area contributed by atoms with Crippen LogP contribution in [0.2, 0.25) is 5.02 Å². The third kappa shape index (κ3) is 2.76. The molecule has 0 fully saturated rings. The molecule has 5 heteroatoms. The molecule has 0 spiro atoms. The van der Waals surface area contributed by atoms with Crippen LogP contribution in [-0.4, -0.2) is 11.6 Å². The summed E-state index contributed by atoms with van der Waals surface area (Å²) in [5.74, 6) is -0.479. The lowest BCUT2D eigenvalue weighted by molar-refractivity contribution is -0.112. The molecule has 0 saturated carbocycles. The second kappa shape index (κ2) is 5.58. The van der Waals surface area contributed by atoms with E-state index in [4.69, 9.17) is 17.3 Å². The van der Waals surface area contributed by atoms with Crippen LogP contribution >= 0.6 is 11.6 Å².